The number of ether oxygens (including phenoxy) is 1. The first-order valence-corrected chi connectivity index (χ1v) is 7.44. The number of hydrogen-bond donors (Lipinski definition) is 1. The van der Waals surface area contributed by atoms with E-state index in [9.17, 15) is 4.39 Å². The van der Waals surface area contributed by atoms with Crippen LogP contribution in [0.2, 0.25) is 0 Å². The Morgan fingerprint density at radius 1 is 1.38 bits per heavy atom. The van der Waals surface area contributed by atoms with Crippen molar-refractivity contribution in [2.75, 3.05) is 12.3 Å². The number of benzene rings is 1. The molecule has 1 fully saturated rings. The number of rotatable bonds is 2. The van der Waals surface area contributed by atoms with Crippen molar-refractivity contribution in [2.24, 2.45) is 0 Å². The van der Waals surface area contributed by atoms with E-state index in [1.165, 1.54) is 17.4 Å². The van der Waals surface area contributed by atoms with Gasteiger partial charge in [0.2, 0.25) is 4.96 Å². The van der Waals surface area contributed by atoms with Crippen LogP contribution in [0.25, 0.3) is 15.5 Å². The number of anilines is 1. The largest absolute Gasteiger partial charge is 0.396 e. The predicted octanol–water partition coefficient (Wildman–Crippen LogP) is 2.43. The second-order valence-electron chi connectivity index (χ2n) is 4.86. The maximum absolute atomic E-state index is 13.6. The molecule has 4 rings (SSSR count). The number of nitrogens with two attached hydrogens (primary N) is 1. The predicted molar refractivity (Wildman–Crippen MR) is 76.4 cm³/mol. The molecular weight excluding hydrogens is 293 g/mol. The molecular formula is C13H12FN5OS. The summed E-state index contributed by atoms with van der Waals surface area (Å²) in [4.78, 5) is 0.652. The average Bonchev–Trinajstić information content (AvgIpc) is 3.16. The maximum atomic E-state index is 13.6. The van der Waals surface area contributed by atoms with Gasteiger partial charge in [0.1, 0.15) is 16.9 Å². The van der Waals surface area contributed by atoms with Gasteiger partial charge in [0, 0.05) is 12.2 Å². The molecule has 0 radical (unpaired) electrons. The Labute approximate surface area is 123 Å². The van der Waals surface area contributed by atoms with Gasteiger partial charge in [0.05, 0.1) is 5.69 Å². The van der Waals surface area contributed by atoms with E-state index in [0.717, 1.165) is 19.4 Å². The molecule has 6 nitrogen and oxygen atoms in total. The molecule has 21 heavy (non-hydrogen) atoms. The molecule has 0 spiro atoms. The molecule has 1 aliphatic rings. The third-order valence-corrected chi connectivity index (χ3v) is 4.45. The lowest BCUT2D eigenvalue weighted by Gasteiger charge is -2.04. The highest BCUT2D eigenvalue weighted by Crippen LogP contribution is 2.33. The van der Waals surface area contributed by atoms with Crippen LogP contribution in [0, 0.1) is 5.82 Å². The molecule has 108 valence electrons. The molecule has 0 saturated carbocycles. The molecule has 1 aliphatic heterocycles. The number of para-hydroxylation sites is 1. The van der Waals surface area contributed by atoms with Gasteiger partial charge in [0.15, 0.2) is 5.82 Å². The van der Waals surface area contributed by atoms with Crippen LogP contribution in [-0.2, 0) is 4.74 Å². The molecule has 1 aromatic carbocycles. The van der Waals surface area contributed by atoms with Crippen molar-refractivity contribution in [3.63, 3.8) is 0 Å². The van der Waals surface area contributed by atoms with Crippen LogP contribution in [-0.4, -0.2) is 26.4 Å². The zero-order valence-electron chi connectivity index (χ0n) is 11.0. The molecule has 3 heterocycles. The number of aromatic nitrogens is 4. The number of halogens is 1. The van der Waals surface area contributed by atoms with Crippen LogP contribution in [0.1, 0.15) is 24.8 Å². The van der Waals surface area contributed by atoms with Gasteiger partial charge in [-0.2, -0.15) is 9.61 Å². The molecule has 0 bridgehead atoms. The van der Waals surface area contributed by atoms with E-state index >= 15 is 0 Å². The normalized spacial score (nSPS) is 18.6. The second kappa shape index (κ2) is 4.74. The van der Waals surface area contributed by atoms with Gasteiger partial charge in [-0.25, -0.2) is 4.39 Å². The zero-order chi connectivity index (χ0) is 14.4. The maximum Gasteiger partial charge on any atom is 0.235 e. The summed E-state index contributed by atoms with van der Waals surface area (Å²) in [6.07, 6.45) is 1.85. The molecule has 2 N–H and O–H groups in total. The number of fused-ring (bicyclic) bond motifs is 1. The van der Waals surface area contributed by atoms with Gasteiger partial charge in [-0.1, -0.05) is 17.4 Å². The Kier molecular flexibility index (Phi) is 2.86. The van der Waals surface area contributed by atoms with E-state index in [0.29, 0.717) is 21.4 Å². The van der Waals surface area contributed by atoms with Gasteiger partial charge in [-0.05, 0) is 25.0 Å². The number of nitrogen functional groups attached to an aromatic ring is 1. The highest BCUT2D eigenvalue weighted by Gasteiger charge is 2.25. The third kappa shape index (κ3) is 1.98. The van der Waals surface area contributed by atoms with Gasteiger partial charge >= 0.3 is 0 Å². The Morgan fingerprint density at radius 2 is 2.29 bits per heavy atom. The van der Waals surface area contributed by atoms with Crippen LogP contribution in [0.5, 0.6) is 0 Å². The lowest BCUT2D eigenvalue weighted by atomic mass is 10.2. The average molecular weight is 305 g/mol. The summed E-state index contributed by atoms with van der Waals surface area (Å²) < 4.78 is 20.9. The Bertz CT molecular complexity index is 808. The van der Waals surface area contributed by atoms with Crippen molar-refractivity contribution in [1.29, 1.82) is 0 Å². The third-order valence-electron chi connectivity index (χ3n) is 3.52. The molecule has 8 heteroatoms. The van der Waals surface area contributed by atoms with E-state index in [1.807, 2.05) is 0 Å². The van der Waals surface area contributed by atoms with Crippen molar-refractivity contribution in [2.45, 2.75) is 18.9 Å². The quantitative estimate of drug-likeness (QED) is 0.736. The van der Waals surface area contributed by atoms with Crippen LogP contribution in [0.3, 0.4) is 0 Å². The Hall–Kier alpha value is -2.06. The van der Waals surface area contributed by atoms with E-state index in [1.54, 1.807) is 16.6 Å². The summed E-state index contributed by atoms with van der Waals surface area (Å²) >= 11 is 1.33. The van der Waals surface area contributed by atoms with Crippen molar-refractivity contribution in [1.82, 2.24) is 19.8 Å². The van der Waals surface area contributed by atoms with Crippen LogP contribution in [0.15, 0.2) is 18.2 Å². The van der Waals surface area contributed by atoms with Gasteiger partial charge in [-0.15, -0.1) is 10.2 Å². The van der Waals surface area contributed by atoms with Crippen molar-refractivity contribution >= 4 is 22.0 Å². The topological polar surface area (TPSA) is 78.3 Å². The Morgan fingerprint density at radius 3 is 3.10 bits per heavy atom. The van der Waals surface area contributed by atoms with Crippen LogP contribution >= 0.6 is 11.3 Å². The molecule has 1 atom stereocenters. The first-order chi connectivity index (χ1) is 10.2. The fourth-order valence-corrected chi connectivity index (χ4v) is 3.33. The summed E-state index contributed by atoms with van der Waals surface area (Å²) in [5.41, 5.74) is 6.46. The van der Waals surface area contributed by atoms with Gasteiger partial charge in [-0.3, -0.25) is 0 Å². The standard InChI is InChI=1S/C13H12FN5OS/c14-8-4-1-3-7(10(8)15)12-18-19-11(9-5-2-6-20-9)16-17-13(19)21-12/h1,3-4,9H,2,5-6,15H2. The number of hydrogen-bond acceptors (Lipinski definition) is 6. The molecule has 1 saturated heterocycles. The highest BCUT2D eigenvalue weighted by molar-refractivity contribution is 7.19. The minimum atomic E-state index is -0.446. The van der Waals surface area contributed by atoms with Crippen molar-refractivity contribution < 1.29 is 9.13 Å². The van der Waals surface area contributed by atoms with Crippen LogP contribution < -0.4 is 5.73 Å². The van der Waals surface area contributed by atoms with E-state index in [4.69, 9.17) is 10.5 Å². The summed E-state index contributed by atoms with van der Waals surface area (Å²) in [6, 6.07) is 4.69. The van der Waals surface area contributed by atoms with E-state index < -0.39 is 5.82 Å². The molecule has 2 aromatic heterocycles. The highest BCUT2D eigenvalue weighted by atomic mass is 32.1. The van der Waals surface area contributed by atoms with Crippen LogP contribution in [0.4, 0.5) is 10.1 Å². The summed E-state index contributed by atoms with van der Waals surface area (Å²) in [5.74, 6) is 0.248. The Balaban J connectivity index is 1.82. The minimum absolute atomic E-state index is 0.0696. The fraction of sp³-hybridized carbons (Fsp3) is 0.308. The molecule has 0 aliphatic carbocycles. The summed E-state index contributed by atoms with van der Waals surface area (Å²) in [7, 11) is 0. The summed E-state index contributed by atoms with van der Waals surface area (Å²) in [5, 5.41) is 13.4. The SMILES string of the molecule is Nc1c(F)cccc1-c1nn2c(C3CCCO3)nnc2s1. The monoisotopic (exact) mass is 305 g/mol. The smallest absolute Gasteiger partial charge is 0.235 e. The lowest BCUT2D eigenvalue weighted by molar-refractivity contribution is 0.103. The van der Waals surface area contributed by atoms with Gasteiger partial charge in [0.25, 0.3) is 0 Å². The minimum Gasteiger partial charge on any atom is -0.396 e. The first kappa shape index (κ1) is 12.7. The van der Waals surface area contributed by atoms with E-state index in [-0.39, 0.29) is 11.8 Å². The second-order valence-corrected chi connectivity index (χ2v) is 5.82. The fourth-order valence-electron chi connectivity index (χ4n) is 2.45. The van der Waals surface area contributed by atoms with Crippen molar-refractivity contribution in [3.05, 3.63) is 29.8 Å². The molecule has 3 aromatic rings. The van der Waals surface area contributed by atoms with Crippen molar-refractivity contribution in [3.8, 4) is 10.6 Å². The lowest BCUT2D eigenvalue weighted by Crippen LogP contribution is -2.03. The number of nitrogens with zero attached hydrogens (tertiary/aromatic N) is 4. The summed E-state index contributed by atoms with van der Waals surface area (Å²) in [6.45, 7) is 0.730. The molecule has 1 unspecified atom stereocenters. The zero-order valence-corrected chi connectivity index (χ0v) is 11.8. The molecule has 0 amide bonds. The van der Waals surface area contributed by atoms with E-state index in [2.05, 4.69) is 15.3 Å². The first-order valence-electron chi connectivity index (χ1n) is 6.62. The van der Waals surface area contributed by atoms with Gasteiger partial charge < -0.3 is 10.5 Å².